The van der Waals surface area contributed by atoms with Crippen molar-refractivity contribution in [2.24, 2.45) is 0 Å². The summed E-state index contributed by atoms with van der Waals surface area (Å²) in [5.74, 6) is -1.08. The molecule has 0 unspecified atom stereocenters. The van der Waals surface area contributed by atoms with E-state index in [0.29, 0.717) is 18.8 Å². The molecule has 0 saturated carbocycles. The topological polar surface area (TPSA) is 66.8 Å². The molecule has 2 atom stereocenters. The number of hydrogen-bond acceptors (Lipinski definition) is 3. The molecular weight excluding hydrogens is 246 g/mol. The van der Waals surface area contributed by atoms with Crippen LogP contribution in [0.5, 0.6) is 0 Å². The molecule has 1 aromatic carbocycles. The molecule has 0 spiro atoms. The molecular formula is C14H17NO4. The van der Waals surface area contributed by atoms with Gasteiger partial charge in [0.1, 0.15) is 0 Å². The molecule has 1 aliphatic heterocycles. The summed E-state index contributed by atoms with van der Waals surface area (Å²) in [5, 5.41) is 8.84. The third kappa shape index (κ3) is 2.76. The number of aromatic carboxylic acids is 1. The summed E-state index contributed by atoms with van der Waals surface area (Å²) in [5.41, 5.74) is 0.685. The first-order valence-electron chi connectivity index (χ1n) is 6.24. The highest BCUT2D eigenvalue weighted by Gasteiger charge is 2.30. The van der Waals surface area contributed by atoms with Gasteiger partial charge in [-0.3, -0.25) is 4.79 Å². The number of morpholine rings is 1. The molecule has 1 aromatic rings. The Hall–Kier alpha value is -1.88. The maximum absolute atomic E-state index is 12.4. The zero-order chi connectivity index (χ0) is 14.0. The van der Waals surface area contributed by atoms with Crippen LogP contribution in [0.2, 0.25) is 0 Å². The Morgan fingerprint density at radius 1 is 1.11 bits per heavy atom. The molecule has 5 heteroatoms. The van der Waals surface area contributed by atoms with Gasteiger partial charge in [-0.05, 0) is 38.1 Å². The van der Waals surface area contributed by atoms with E-state index in [-0.39, 0.29) is 23.6 Å². The number of carbonyl (C=O) groups excluding carboxylic acids is 1. The quantitative estimate of drug-likeness (QED) is 0.880. The molecule has 1 heterocycles. The molecule has 1 N–H and O–H groups in total. The van der Waals surface area contributed by atoms with Gasteiger partial charge in [0.2, 0.25) is 0 Å². The van der Waals surface area contributed by atoms with Gasteiger partial charge in [-0.15, -0.1) is 0 Å². The van der Waals surface area contributed by atoms with Crippen LogP contribution < -0.4 is 0 Å². The first-order chi connectivity index (χ1) is 9.00. The second-order valence-electron chi connectivity index (χ2n) is 4.83. The SMILES string of the molecule is C[C@H]1COC[C@H](C)N1C(=O)c1ccc(C(=O)O)cc1. The van der Waals surface area contributed by atoms with Crippen LogP contribution in [-0.4, -0.2) is 47.2 Å². The summed E-state index contributed by atoms with van der Waals surface area (Å²) in [6.07, 6.45) is 0. The van der Waals surface area contributed by atoms with Crippen molar-refractivity contribution in [3.8, 4) is 0 Å². The van der Waals surface area contributed by atoms with Gasteiger partial charge in [-0.2, -0.15) is 0 Å². The van der Waals surface area contributed by atoms with Crippen molar-refractivity contribution in [3.05, 3.63) is 35.4 Å². The fourth-order valence-electron chi connectivity index (χ4n) is 2.31. The van der Waals surface area contributed by atoms with Crippen LogP contribution in [0.25, 0.3) is 0 Å². The Balaban J connectivity index is 2.20. The smallest absolute Gasteiger partial charge is 0.335 e. The molecule has 0 aromatic heterocycles. The fourth-order valence-corrected chi connectivity index (χ4v) is 2.31. The van der Waals surface area contributed by atoms with Gasteiger partial charge in [0.15, 0.2) is 0 Å². The standard InChI is InChI=1S/C14H17NO4/c1-9-7-19-8-10(2)15(9)13(16)11-3-5-12(6-4-11)14(17)18/h3-6,9-10H,7-8H2,1-2H3,(H,17,18)/t9-,10-/m0/s1. The molecule has 0 bridgehead atoms. The van der Waals surface area contributed by atoms with Gasteiger partial charge < -0.3 is 14.7 Å². The Labute approximate surface area is 111 Å². The molecule has 2 rings (SSSR count). The van der Waals surface area contributed by atoms with Crippen LogP contribution in [0, 0.1) is 0 Å². The van der Waals surface area contributed by atoms with Crippen LogP contribution in [0.15, 0.2) is 24.3 Å². The van der Waals surface area contributed by atoms with Gasteiger partial charge in [0.25, 0.3) is 5.91 Å². The highest BCUT2D eigenvalue weighted by Crippen LogP contribution is 2.17. The number of amides is 1. The third-order valence-electron chi connectivity index (χ3n) is 3.28. The number of ether oxygens (including phenoxy) is 1. The predicted molar refractivity (Wildman–Crippen MR) is 69.3 cm³/mol. The highest BCUT2D eigenvalue weighted by molar-refractivity contribution is 5.96. The van der Waals surface area contributed by atoms with Crippen LogP contribution >= 0.6 is 0 Å². The van der Waals surface area contributed by atoms with Crippen molar-refractivity contribution in [2.75, 3.05) is 13.2 Å². The van der Waals surface area contributed by atoms with Crippen LogP contribution in [0.1, 0.15) is 34.6 Å². The molecule has 1 amide bonds. The number of rotatable bonds is 2. The lowest BCUT2D eigenvalue weighted by Crippen LogP contribution is -2.52. The molecule has 0 aliphatic carbocycles. The van der Waals surface area contributed by atoms with Crippen LogP contribution in [0.4, 0.5) is 0 Å². The maximum atomic E-state index is 12.4. The Morgan fingerprint density at radius 2 is 1.58 bits per heavy atom. The number of benzene rings is 1. The van der Waals surface area contributed by atoms with Crippen LogP contribution in [-0.2, 0) is 4.74 Å². The zero-order valence-electron chi connectivity index (χ0n) is 11.0. The average molecular weight is 263 g/mol. The van der Waals surface area contributed by atoms with E-state index in [4.69, 9.17) is 9.84 Å². The van der Waals surface area contributed by atoms with Gasteiger partial charge in [0, 0.05) is 5.56 Å². The van der Waals surface area contributed by atoms with Gasteiger partial charge in [-0.1, -0.05) is 0 Å². The Bertz CT molecular complexity index is 473. The summed E-state index contributed by atoms with van der Waals surface area (Å²) >= 11 is 0. The number of carboxylic acids is 1. The van der Waals surface area contributed by atoms with Crippen molar-refractivity contribution in [1.29, 1.82) is 0 Å². The molecule has 5 nitrogen and oxygen atoms in total. The second-order valence-corrected chi connectivity index (χ2v) is 4.83. The van der Waals surface area contributed by atoms with E-state index < -0.39 is 5.97 Å². The minimum absolute atomic E-state index is 0.0235. The third-order valence-corrected chi connectivity index (χ3v) is 3.28. The number of carboxylic acid groups (broad SMARTS) is 1. The summed E-state index contributed by atoms with van der Waals surface area (Å²) < 4.78 is 5.39. The largest absolute Gasteiger partial charge is 0.478 e. The zero-order valence-corrected chi connectivity index (χ0v) is 11.0. The Kier molecular flexibility index (Phi) is 3.85. The predicted octanol–water partition coefficient (Wildman–Crippen LogP) is 1.63. The molecule has 19 heavy (non-hydrogen) atoms. The van der Waals surface area contributed by atoms with Gasteiger partial charge >= 0.3 is 5.97 Å². The fraction of sp³-hybridized carbons (Fsp3) is 0.429. The average Bonchev–Trinajstić information content (AvgIpc) is 2.38. The molecule has 0 radical (unpaired) electrons. The normalized spacial score (nSPS) is 23.2. The van der Waals surface area contributed by atoms with E-state index in [1.165, 1.54) is 12.1 Å². The van der Waals surface area contributed by atoms with E-state index >= 15 is 0 Å². The van der Waals surface area contributed by atoms with Gasteiger partial charge in [-0.25, -0.2) is 4.79 Å². The maximum Gasteiger partial charge on any atom is 0.335 e. The number of carbonyl (C=O) groups is 2. The highest BCUT2D eigenvalue weighted by atomic mass is 16.5. The lowest BCUT2D eigenvalue weighted by Gasteiger charge is -2.38. The lowest BCUT2D eigenvalue weighted by molar-refractivity contribution is -0.0249. The summed E-state index contributed by atoms with van der Waals surface area (Å²) in [7, 11) is 0. The van der Waals surface area contributed by atoms with Crippen LogP contribution in [0.3, 0.4) is 0 Å². The monoisotopic (exact) mass is 263 g/mol. The van der Waals surface area contributed by atoms with E-state index in [9.17, 15) is 9.59 Å². The number of nitrogens with zero attached hydrogens (tertiary/aromatic N) is 1. The van der Waals surface area contributed by atoms with Crippen molar-refractivity contribution < 1.29 is 19.4 Å². The first-order valence-corrected chi connectivity index (χ1v) is 6.24. The molecule has 102 valence electrons. The van der Waals surface area contributed by atoms with E-state index in [2.05, 4.69) is 0 Å². The lowest BCUT2D eigenvalue weighted by atomic mass is 10.1. The molecule has 1 saturated heterocycles. The van der Waals surface area contributed by atoms with E-state index in [1.807, 2.05) is 13.8 Å². The van der Waals surface area contributed by atoms with Crippen molar-refractivity contribution >= 4 is 11.9 Å². The Morgan fingerprint density at radius 3 is 2.05 bits per heavy atom. The minimum atomic E-state index is -0.993. The van der Waals surface area contributed by atoms with E-state index in [0.717, 1.165) is 0 Å². The van der Waals surface area contributed by atoms with Crippen molar-refractivity contribution in [2.45, 2.75) is 25.9 Å². The molecule has 1 aliphatic rings. The summed E-state index contributed by atoms with van der Waals surface area (Å²) in [6.45, 7) is 4.95. The van der Waals surface area contributed by atoms with Crippen molar-refractivity contribution in [3.63, 3.8) is 0 Å². The van der Waals surface area contributed by atoms with Gasteiger partial charge in [0.05, 0.1) is 30.9 Å². The molecule has 1 fully saturated rings. The summed E-state index contributed by atoms with van der Waals surface area (Å²) in [6, 6.07) is 6.06. The number of hydrogen-bond donors (Lipinski definition) is 1. The first kappa shape index (κ1) is 13.5. The minimum Gasteiger partial charge on any atom is -0.478 e. The summed E-state index contributed by atoms with van der Waals surface area (Å²) in [4.78, 5) is 25.0. The van der Waals surface area contributed by atoms with Crippen molar-refractivity contribution in [1.82, 2.24) is 4.90 Å². The second kappa shape index (κ2) is 5.40. The van der Waals surface area contributed by atoms with E-state index in [1.54, 1.807) is 17.0 Å².